The summed E-state index contributed by atoms with van der Waals surface area (Å²) in [5, 5.41) is 0. The Kier molecular flexibility index (Phi) is 3.30. The van der Waals surface area contributed by atoms with Crippen molar-refractivity contribution < 1.29 is 14.2 Å². The third-order valence-electron chi connectivity index (χ3n) is 1.81. The second kappa shape index (κ2) is 4.04. The number of methoxy groups -OCH3 is 1. The Hall–Kier alpha value is -0.120. The predicted octanol–water partition coefficient (Wildman–Crippen LogP) is 1.18. The number of hydrogen-bond donors (Lipinski definition) is 0. The van der Waals surface area contributed by atoms with Crippen molar-refractivity contribution >= 4 is 0 Å². The van der Waals surface area contributed by atoms with E-state index in [0.29, 0.717) is 19.8 Å². The van der Waals surface area contributed by atoms with E-state index in [-0.39, 0.29) is 0 Å². The van der Waals surface area contributed by atoms with Gasteiger partial charge in [-0.3, -0.25) is 0 Å². The number of rotatable bonds is 4. The highest BCUT2D eigenvalue weighted by Crippen LogP contribution is 2.24. The molecule has 0 amide bonds. The lowest BCUT2D eigenvalue weighted by Gasteiger charge is -2.25. The van der Waals surface area contributed by atoms with Crippen molar-refractivity contribution in [2.24, 2.45) is 0 Å². The molecule has 0 radical (unpaired) electrons. The highest BCUT2D eigenvalue weighted by atomic mass is 16.7. The summed E-state index contributed by atoms with van der Waals surface area (Å²) in [6.45, 7) is 4.05. The van der Waals surface area contributed by atoms with Gasteiger partial charge in [-0.05, 0) is 0 Å². The maximum absolute atomic E-state index is 5.47. The molecule has 0 atom stereocenters. The van der Waals surface area contributed by atoms with Crippen molar-refractivity contribution in [3.63, 3.8) is 0 Å². The van der Waals surface area contributed by atoms with E-state index in [1.807, 2.05) is 0 Å². The van der Waals surface area contributed by atoms with Gasteiger partial charge in [-0.25, -0.2) is 0 Å². The number of ether oxygens (including phenoxy) is 3. The normalized spacial score (nSPS) is 22.4. The van der Waals surface area contributed by atoms with Crippen LogP contribution in [-0.2, 0) is 14.2 Å². The summed E-state index contributed by atoms with van der Waals surface area (Å²) in [4.78, 5) is 0. The minimum Gasteiger partial charge on any atom is -0.379 e. The Balaban J connectivity index is 2.40. The van der Waals surface area contributed by atoms with E-state index in [1.54, 1.807) is 7.11 Å². The maximum Gasteiger partial charge on any atom is 0.191 e. The Labute approximate surface area is 67.6 Å². The molecule has 1 fully saturated rings. The zero-order valence-electron chi connectivity index (χ0n) is 7.26. The molecule has 0 aliphatic carbocycles. The van der Waals surface area contributed by atoms with Gasteiger partial charge in [0.05, 0.1) is 13.2 Å². The quantitative estimate of drug-likeness (QED) is 0.618. The van der Waals surface area contributed by atoms with E-state index in [0.717, 1.165) is 12.8 Å². The van der Waals surface area contributed by atoms with Gasteiger partial charge in [0.2, 0.25) is 0 Å². The van der Waals surface area contributed by atoms with Crippen LogP contribution in [-0.4, -0.2) is 32.7 Å². The Morgan fingerprint density at radius 1 is 1.36 bits per heavy atom. The molecule has 1 heterocycles. The standard InChI is InChI=1S/C8H16O3/c1-3-4-8(7-9-2)10-5-6-11-8/h3-7H2,1-2H3. The van der Waals surface area contributed by atoms with Gasteiger partial charge in [0.1, 0.15) is 6.61 Å². The fraction of sp³-hybridized carbons (Fsp3) is 1.00. The van der Waals surface area contributed by atoms with Crippen LogP contribution in [0, 0.1) is 0 Å². The lowest BCUT2D eigenvalue weighted by atomic mass is 10.1. The third-order valence-corrected chi connectivity index (χ3v) is 1.81. The fourth-order valence-corrected chi connectivity index (χ4v) is 1.40. The van der Waals surface area contributed by atoms with Gasteiger partial charge in [-0.15, -0.1) is 0 Å². The molecule has 1 rings (SSSR count). The molecule has 0 aromatic heterocycles. The highest BCUT2D eigenvalue weighted by Gasteiger charge is 2.35. The van der Waals surface area contributed by atoms with Crippen molar-refractivity contribution in [1.29, 1.82) is 0 Å². The molecule has 0 unspecified atom stereocenters. The molecule has 0 bridgehead atoms. The van der Waals surface area contributed by atoms with E-state index < -0.39 is 5.79 Å². The summed E-state index contributed by atoms with van der Waals surface area (Å²) in [7, 11) is 1.67. The van der Waals surface area contributed by atoms with E-state index in [2.05, 4.69) is 6.92 Å². The van der Waals surface area contributed by atoms with Gasteiger partial charge in [-0.2, -0.15) is 0 Å². The molecule has 0 aromatic carbocycles. The summed E-state index contributed by atoms with van der Waals surface area (Å²) in [5.74, 6) is -0.427. The van der Waals surface area contributed by atoms with Gasteiger partial charge in [-0.1, -0.05) is 13.3 Å². The minimum atomic E-state index is -0.427. The van der Waals surface area contributed by atoms with Crippen LogP contribution in [0.3, 0.4) is 0 Å². The summed E-state index contributed by atoms with van der Waals surface area (Å²) in [6, 6.07) is 0. The molecule has 0 aromatic rings. The second-order valence-electron chi connectivity index (χ2n) is 2.79. The number of hydrogen-bond acceptors (Lipinski definition) is 3. The average molecular weight is 160 g/mol. The smallest absolute Gasteiger partial charge is 0.191 e. The molecule has 0 N–H and O–H groups in total. The van der Waals surface area contributed by atoms with Crippen LogP contribution in [0.4, 0.5) is 0 Å². The van der Waals surface area contributed by atoms with Gasteiger partial charge in [0.15, 0.2) is 5.79 Å². The molecule has 3 nitrogen and oxygen atoms in total. The van der Waals surface area contributed by atoms with E-state index in [4.69, 9.17) is 14.2 Å². The van der Waals surface area contributed by atoms with Crippen LogP contribution in [0.2, 0.25) is 0 Å². The molecule has 11 heavy (non-hydrogen) atoms. The summed E-state index contributed by atoms with van der Waals surface area (Å²) < 4.78 is 16.0. The minimum absolute atomic E-state index is 0.427. The Morgan fingerprint density at radius 2 is 2.00 bits per heavy atom. The molecule has 0 saturated carbocycles. The monoisotopic (exact) mass is 160 g/mol. The van der Waals surface area contributed by atoms with Crippen molar-refractivity contribution in [1.82, 2.24) is 0 Å². The Bertz CT molecular complexity index is 99.9. The van der Waals surface area contributed by atoms with Crippen LogP contribution in [0.5, 0.6) is 0 Å². The SMILES string of the molecule is CCCC1(COC)OCCO1. The molecule has 66 valence electrons. The first kappa shape index (κ1) is 8.97. The van der Waals surface area contributed by atoms with Crippen LogP contribution in [0.15, 0.2) is 0 Å². The Morgan fingerprint density at radius 3 is 2.45 bits per heavy atom. The first-order valence-electron chi connectivity index (χ1n) is 4.10. The summed E-state index contributed by atoms with van der Waals surface area (Å²) in [6.07, 6.45) is 1.98. The first-order valence-corrected chi connectivity index (χ1v) is 4.10. The molecule has 1 aliphatic heterocycles. The van der Waals surface area contributed by atoms with Gasteiger partial charge < -0.3 is 14.2 Å². The van der Waals surface area contributed by atoms with Crippen LogP contribution in [0.1, 0.15) is 19.8 Å². The topological polar surface area (TPSA) is 27.7 Å². The molecular formula is C8H16O3. The highest BCUT2D eigenvalue weighted by molar-refractivity contribution is 4.72. The third kappa shape index (κ3) is 2.15. The predicted molar refractivity (Wildman–Crippen MR) is 41.4 cm³/mol. The molecule has 3 heteroatoms. The van der Waals surface area contributed by atoms with E-state index in [1.165, 1.54) is 0 Å². The lowest BCUT2D eigenvalue weighted by molar-refractivity contribution is -0.192. The fourth-order valence-electron chi connectivity index (χ4n) is 1.40. The average Bonchev–Trinajstić information content (AvgIpc) is 2.39. The van der Waals surface area contributed by atoms with Crippen LogP contribution < -0.4 is 0 Å². The van der Waals surface area contributed by atoms with Crippen LogP contribution >= 0.6 is 0 Å². The first-order chi connectivity index (χ1) is 5.33. The lowest BCUT2D eigenvalue weighted by Crippen LogP contribution is -2.35. The van der Waals surface area contributed by atoms with Gasteiger partial charge >= 0.3 is 0 Å². The molecular weight excluding hydrogens is 144 g/mol. The summed E-state index contributed by atoms with van der Waals surface area (Å²) in [5.41, 5.74) is 0. The van der Waals surface area contributed by atoms with Gasteiger partial charge in [0, 0.05) is 13.5 Å². The largest absolute Gasteiger partial charge is 0.379 e. The van der Waals surface area contributed by atoms with Crippen molar-refractivity contribution in [2.45, 2.75) is 25.6 Å². The van der Waals surface area contributed by atoms with Crippen molar-refractivity contribution in [3.8, 4) is 0 Å². The van der Waals surface area contributed by atoms with Crippen molar-refractivity contribution in [3.05, 3.63) is 0 Å². The van der Waals surface area contributed by atoms with E-state index >= 15 is 0 Å². The zero-order valence-corrected chi connectivity index (χ0v) is 7.26. The van der Waals surface area contributed by atoms with Crippen LogP contribution in [0.25, 0.3) is 0 Å². The molecule has 0 spiro atoms. The van der Waals surface area contributed by atoms with Gasteiger partial charge in [0.25, 0.3) is 0 Å². The summed E-state index contributed by atoms with van der Waals surface area (Å²) >= 11 is 0. The van der Waals surface area contributed by atoms with E-state index in [9.17, 15) is 0 Å². The maximum atomic E-state index is 5.47. The van der Waals surface area contributed by atoms with Crippen molar-refractivity contribution in [2.75, 3.05) is 26.9 Å². The second-order valence-corrected chi connectivity index (χ2v) is 2.79. The molecule has 1 saturated heterocycles. The molecule has 1 aliphatic rings. The zero-order chi connectivity index (χ0) is 8.16.